The summed E-state index contributed by atoms with van der Waals surface area (Å²) in [5.41, 5.74) is 1.73. The normalized spacial score (nSPS) is 12.1. The standard InChI is InChI=1S/C14H12OS/c15-13(11-7-3-1-4-8-11)14(16)12-9-5-2-6-10-12/h1-10,13,15H. The van der Waals surface area contributed by atoms with Crippen LogP contribution < -0.4 is 0 Å². The van der Waals surface area contributed by atoms with Gasteiger partial charge in [0.15, 0.2) is 0 Å². The second-order valence-corrected chi connectivity index (χ2v) is 3.98. The first-order valence-electron chi connectivity index (χ1n) is 5.11. The molecule has 0 radical (unpaired) electrons. The number of thiocarbonyl (C=S) groups is 1. The SMILES string of the molecule is OC(C(=S)c1ccccc1)c1ccccc1. The van der Waals surface area contributed by atoms with Crippen LogP contribution in [0, 0.1) is 0 Å². The van der Waals surface area contributed by atoms with Crippen molar-refractivity contribution in [3.63, 3.8) is 0 Å². The van der Waals surface area contributed by atoms with E-state index in [2.05, 4.69) is 0 Å². The number of rotatable bonds is 3. The van der Waals surface area contributed by atoms with Gasteiger partial charge in [0.05, 0.1) is 4.86 Å². The van der Waals surface area contributed by atoms with Crippen molar-refractivity contribution in [2.45, 2.75) is 6.10 Å². The maximum Gasteiger partial charge on any atom is 0.115 e. The Morgan fingerprint density at radius 2 is 1.38 bits per heavy atom. The summed E-state index contributed by atoms with van der Waals surface area (Å²) in [6.45, 7) is 0. The van der Waals surface area contributed by atoms with Crippen molar-refractivity contribution in [2.24, 2.45) is 0 Å². The third-order valence-corrected chi connectivity index (χ3v) is 2.88. The Kier molecular flexibility index (Phi) is 3.44. The van der Waals surface area contributed by atoms with E-state index in [1.165, 1.54) is 0 Å². The molecular formula is C14H12OS. The van der Waals surface area contributed by atoms with Crippen LogP contribution in [-0.2, 0) is 0 Å². The molecule has 0 bridgehead atoms. The second kappa shape index (κ2) is 5.01. The van der Waals surface area contributed by atoms with E-state index in [1.54, 1.807) is 0 Å². The van der Waals surface area contributed by atoms with Crippen molar-refractivity contribution >= 4 is 17.1 Å². The Morgan fingerprint density at radius 3 is 1.94 bits per heavy atom. The highest BCUT2D eigenvalue weighted by molar-refractivity contribution is 7.81. The Labute approximate surface area is 100 Å². The van der Waals surface area contributed by atoms with Crippen LogP contribution in [0.4, 0.5) is 0 Å². The first-order valence-corrected chi connectivity index (χ1v) is 5.52. The summed E-state index contributed by atoms with van der Waals surface area (Å²) in [5.74, 6) is 0. The van der Waals surface area contributed by atoms with E-state index >= 15 is 0 Å². The van der Waals surface area contributed by atoms with Crippen molar-refractivity contribution in [2.75, 3.05) is 0 Å². The first kappa shape index (κ1) is 11.0. The molecule has 2 rings (SSSR count). The van der Waals surface area contributed by atoms with Crippen LogP contribution in [0.5, 0.6) is 0 Å². The number of hydrogen-bond donors (Lipinski definition) is 1. The van der Waals surface area contributed by atoms with Gasteiger partial charge < -0.3 is 5.11 Å². The maximum atomic E-state index is 10.1. The molecule has 80 valence electrons. The molecule has 0 aliphatic heterocycles. The van der Waals surface area contributed by atoms with E-state index in [4.69, 9.17) is 12.2 Å². The van der Waals surface area contributed by atoms with Gasteiger partial charge in [0, 0.05) is 0 Å². The van der Waals surface area contributed by atoms with E-state index in [0.717, 1.165) is 11.1 Å². The number of hydrogen-bond acceptors (Lipinski definition) is 2. The summed E-state index contributed by atoms with van der Waals surface area (Å²) in [6.07, 6.45) is -0.710. The quantitative estimate of drug-likeness (QED) is 0.643. The zero-order chi connectivity index (χ0) is 11.4. The van der Waals surface area contributed by atoms with Gasteiger partial charge in [-0.05, 0) is 11.1 Å². The highest BCUT2D eigenvalue weighted by Gasteiger charge is 2.13. The largest absolute Gasteiger partial charge is 0.383 e. The van der Waals surface area contributed by atoms with Gasteiger partial charge >= 0.3 is 0 Å². The smallest absolute Gasteiger partial charge is 0.115 e. The van der Waals surface area contributed by atoms with E-state index in [0.29, 0.717) is 4.86 Å². The van der Waals surface area contributed by atoms with Crippen molar-refractivity contribution in [1.82, 2.24) is 0 Å². The number of aliphatic hydroxyl groups is 1. The van der Waals surface area contributed by atoms with E-state index < -0.39 is 6.10 Å². The van der Waals surface area contributed by atoms with Crippen LogP contribution in [0.3, 0.4) is 0 Å². The average Bonchev–Trinajstić information content (AvgIpc) is 2.39. The van der Waals surface area contributed by atoms with Crippen LogP contribution in [0.1, 0.15) is 17.2 Å². The number of aliphatic hydroxyl groups excluding tert-OH is 1. The predicted octanol–water partition coefficient (Wildman–Crippen LogP) is 3.14. The lowest BCUT2D eigenvalue weighted by atomic mass is 10.0. The Hall–Kier alpha value is -1.51. The minimum atomic E-state index is -0.710. The van der Waals surface area contributed by atoms with Gasteiger partial charge in [-0.2, -0.15) is 0 Å². The lowest BCUT2D eigenvalue weighted by Crippen LogP contribution is -2.10. The molecule has 2 aromatic carbocycles. The van der Waals surface area contributed by atoms with Crippen molar-refractivity contribution in [3.8, 4) is 0 Å². The van der Waals surface area contributed by atoms with Gasteiger partial charge in [0.1, 0.15) is 6.10 Å². The van der Waals surface area contributed by atoms with Crippen LogP contribution >= 0.6 is 12.2 Å². The molecule has 2 aromatic rings. The fourth-order valence-electron chi connectivity index (χ4n) is 1.55. The van der Waals surface area contributed by atoms with Crippen molar-refractivity contribution in [3.05, 3.63) is 71.8 Å². The Bertz CT molecular complexity index is 465. The van der Waals surface area contributed by atoms with Gasteiger partial charge in [-0.1, -0.05) is 72.9 Å². The lowest BCUT2D eigenvalue weighted by molar-refractivity contribution is 0.250. The minimum absolute atomic E-state index is 0.562. The van der Waals surface area contributed by atoms with Gasteiger partial charge in [-0.3, -0.25) is 0 Å². The first-order chi connectivity index (χ1) is 7.79. The van der Waals surface area contributed by atoms with E-state index in [9.17, 15) is 5.11 Å². The predicted molar refractivity (Wildman–Crippen MR) is 69.5 cm³/mol. The zero-order valence-corrected chi connectivity index (χ0v) is 9.52. The maximum absolute atomic E-state index is 10.1. The monoisotopic (exact) mass is 228 g/mol. The van der Waals surface area contributed by atoms with Crippen LogP contribution in [0.15, 0.2) is 60.7 Å². The molecule has 0 aromatic heterocycles. The summed E-state index contributed by atoms with van der Waals surface area (Å²) in [5, 5.41) is 10.1. The third kappa shape index (κ3) is 2.35. The molecule has 1 atom stereocenters. The van der Waals surface area contributed by atoms with Crippen LogP contribution in [-0.4, -0.2) is 9.97 Å². The molecule has 0 fully saturated rings. The molecule has 0 amide bonds. The average molecular weight is 228 g/mol. The molecule has 0 aliphatic rings. The molecule has 1 N–H and O–H groups in total. The molecule has 1 unspecified atom stereocenters. The van der Waals surface area contributed by atoms with E-state index in [-0.39, 0.29) is 0 Å². The van der Waals surface area contributed by atoms with E-state index in [1.807, 2.05) is 60.7 Å². The molecule has 0 saturated heterocycles. The van der Waals surface area contributed by atoms with Crippen LogP contribution in [0.2, 0.25) is 0 Å². The highest BCUT2D eigenvalue weighted by Crippen LogP contribution is 2.18. The van der Waals surface area contributed by atoms with Gasteiger partial charge in [-0.15, -0.1) is 0 Å². The fraction of sp³-hybridized carbons (Fsp3) is 0.0714. The second-order valence-electron chi connectivity index (χ2n) is 3.54. The van der Waals surface area contributed by atoms with Gasteiger partial charge in [0.25, 0.3) is 0 Å². The molecule has 0 saturated carbocycles. The summed E-state index contributed by atoms with van der Waals surface area (Å²) >= 11 is 5.28. The zero-order valence-electron chi connectivity index (χ0n) is 8.71. The Balaban J connectivity index is 2.24. The summed E-state index contributed by atoms with van der Waals surface area (Å²) in [6, 6.07) is 19.0. The molecular weight excluding hydrogens is 216 g/mol. The topological polar surface area (TPSA) is 20.2 Å². The highest BCUT2D eigenvalue weighted by atomic mass is 32.1. The summed E-state index contributed by atoms with van der Waals surface area (Å²) < 4.78 is 0. The third-order valence-electron chi connectivity index (χ3n) is 2.42. The molecule has 0 aliphatic carbocycles. The molecule has 2 heteroatoms. The fourth-order valence-corrected chi connectivity index (χ4v) is 1.82. The number of benzene rings is 2. The minimum Gasteiger partial charge on any atom is -0.383 e. The van der Waals surface area contributed by atoms with Gasteiger partial charge in [0.2, 0.25) is 0 Å². The van der Waals surface area contributed by atoms with Crippen molar-refractivity contribution in [1.29, 1.82) is 0 Å². The molecule has 0 heterocycles. The summed E-state index contributed by atoms with van der Waals surface area (Å²) in [4.78, 5) is 0.562. The summed E-state index contributed by atoms with van der Waals surface area (Å²) in [7, 11) is 0. The van der Waals surface area contributed by atoms with Crippen molar-refractivity contribution < 1.29 is 5.11 Å². The van der Waals surface area contributed by atoms with Gasteiger partial charge in [-0.25, -0.2) is 0 Å². The van der Waals surface area contributed by atoms with Crippen LogP contribution in [0.25, 0.3) is 0 Å². The molecule has 16 heavy (non-hydrogen) atoms. The Morgan fingerprint density at radius 1 is 0.875 bits per heavy atom. The molecule has 0 spiro atoms. The lowest BCUT2D eigenvalue weighted by Gasteiger charge is -2.12. The molecule has 1 nitrogen and oxygen atoms in total.